The molecule has 13 heteroatoms. The highest BCUT2D eigenvalue weighted by Crippen LogP contribution is 2.30. The minimum Gasteiger partial charge on any atom is -0.487 e. The summed E-state index contributed by atoms with van der Waals surface area (Å²) >= 11 is 0. The number of nitrogens with zero attached hydrogens (tertiary/aromatic N) is 1. The van der Waals surface area contributed by atoms with Crippen molar-refractivity contribution in [2.45, 2.75) is 25.9 Å². The van der Waals surface area contributed by atoms with Gasteiger partial charge in [-0.25, -0.2) is 8.78 Å². The fourth-order valence-electron chi connectivity index (χ4n) is 3.63. The lowest BCUT2D eigenvalue weighted by atomic mass is 10.0. The number of aromatic nitrogens is 1. The largest absolute Gasteiger partial charge is 0.487 e. The number of methoxy groups -OCH3 is 1. The summed E-state index contributed by atoms with van der Waals surface area (Å²) in [5.41, 5.74) is 11.2. The first-order valence-electron chi connectivity index (χ1n) is 11.4. The van der Waals surface area contributed by atoms with E-state index >= 15 is 8.78 Å². The van der Waals surface area contributed by atoms with E-state index in [1.54, 1.807) is 31.3 Å². The number of amidine groups is 1. The summed E-state index contributed by atoms with van der Waals surface area (Å²) in [6, 6.07) is 11.2. The molecule has 2 aromatic carbocycles. The summed E-state index contributed by atoms with van der Waals surface area (Å²) in [5, 5.41) is 10.0. The number of rotatable bonds is 12. The number of hydrogen-bond donors (Lipinski definition) is 4. The van der Waals surface area contributed by atoms with Gasteiger partial charge in [0.2, 0.25) is 5.91 Å². The van der Waals surface area contributed by atoms with Gasteiger partial charge in [0.15, 0.2) is 12.3 Å². The highest BCUT2D eigenvalue weighted by Gasteiger charge is 2.31. The van der Waals surface area contributed by atoms with Gasteiger partial charge in [-0.1, -0.05) is 18.2 Å². The van der Waals surface area contributed by atoms with Crippen LogP contribution in [0.3, 0.4) is 0 Å². The summed E-state index contributed by atoms with van der Waals surface area (Å²) < 4.78 is 46.3. The maximum absolute atomic E-state index is 15.1. The van der Waals surface area contributed by atoms with Crippen LogP contribution in [-0.4, -0.2) is 36.4 Å². The van der Waals surface area contributed by atoms with Crippen LogP contribution < -0.4 is 21.5 Å². The zero-order valence-corrected chi connectivity index (χ0v) is 21.9. The molecule has 0 aliphatic carbocycles. The number of carbonyl (C=O) groups is 2. The third-order valence-electron chi connectivity index (χ3n) is 5.42. The molecule has 3 rings (SSSR count). The number of primary amides is 1. The zero-order valence-electron chi connectivity index (χ0n) is 21.1. The fourth-order valence-corrected chi connectivity index (χ4v) is 3.63. The Morgan fingerprint density at radius 3 is 2.33 bits per heavy atom. The Hall–Kier alpha value is -4.13. The van der Waals surface area contributed by atoms with Crippen LogP contribution in [0.5, 0.6) is 5.75 Å². The Kier molecular flexibility index (Phi) is 11.3. The Balaban J connectivity index is 0.00000533. The first-order chi connectivity index (χ1) is 18.2. The average molecular weight is 564 g/mol. The SMILES string of the molecule is CCO[C@H](C(=O)N[C@H](OC)c1ccc(C(=N)N)cc1C(N)=O)c1c(F)cc(OCc2ccccn2)cc1F.Cl. The highest BCUT2D eigenvalue weighted by atomic mass is 35.5. The molecular weight excluding hydrogens is 536 g/mol. The van der Waals surface area contributed by atoms with Crippen molar-refractivity contribution in [3.8, 4) is 5.75 Å². The van der Waals surface area contributed by atoms with Gasteiger partial charge in [0.1, 0.15) is 29.8 Å². The monoisotopic (exact) mass is 563 g/mol. The van der Waals surface area contributed by atoms with Crippen LogP contribution in [0.4, 0.5) is 8.78 Å². The second-order valence-electron chi connectivity index (χ2n) is 7.95. The van der Waals surface area contributed by atoms with E-state index in [2.05, 4.69) is 10.3 Å². The molecule has 39 heavy (non-hydrogen) atoms. The van der Waals surface area contributed by atoms with Crippen molar-refractivity contribution < 1.29 is 32.6 Å². The summed E-state index contributed by atoms with van der Waals surface area (Å²) in [6.07, 6.45) is -1.39. The van der Waals surface area contributed by atoms with Crippen LogP contribution in [0.2, 0.25) is 0 Å². The van der Waals surface area contributed by atoms with Gasteiger partial charge in [0.25, 0.3) is 5.91 Å². The molecule has 2 amide bonds. The molecule has 0 spiro atoms. The quantitative estimate of drug-likeness (QED) is 0.149. The lowest BCUT2D eigenvalue weighted by Crippen LogP contribution is -2.36. The first kappa shape index (κ1) is 31.1. The third-order valence-corrected chi connectivity index (χ3v) is 5.42. The minimum atomic E-state index is -1.70. The molecule has 2 atom stereocenters. The Labute approximate surface area is 229 Å². The number of nitrogens with one attached hydrogen (secondary N) is 2. The summed E-state index contributed by atoms with van der Waals surface area (Å²) in [4.78, 5) is 29.3. The van der Waals surface area contributed by atoms with Crippen LogP contribution in [0, 0.1) is 17.0 Å². The van der Waals surface area contributed by atoms with Crippen molar-refractivity contribution in [3.63, 3.8) is 0 Å². The third kappa shape index (κ3) is 7.69. The van der Waals surface area contributed by atoms with Gasteiger partial charge in [-0.3, -0.25) is 20.0 Å². The van der Waals surface area contributed by atoms with Crippen LogP contribution in [-0.2, 0) is 20.9 Å². The molecule has 10 nitrogen and oxygen atoms in total. The van der Waals surface area contributed by atoms with Crippen molar-refractivity contribution in [2.75, 3.05) is 13.7 Å². The molecule has 0 radical (unpaired) electrons. The second kappa shape index (κ2) is 14.1. The van der Waals surface area contributed by atoms with Crippen LogP contribution in [0.25, 0.3) is 0 Å². The lowest BCUT2D eigenvalue weighted by molar-refractivity contribution is -0.137. The Morgan fingerprint density at radius 1 is 1.10 bits per heavy atom. The van der Waals surface area contributed by atoms with Gasteiger partial charge in [-0.2, -0.15) is 0 Å². The van der Waals surface area contributed by atoms with E-state index in [1.165, 1.54) is 25.3 Å². The number of hydrogen-bond acceptors (Lipinski definition) is 7. The van der Waals surface area contributed by atoms with E-state index in [0.717, 1.165) is 12.1 Å². The molecule has 1 heterocycles. The van der Waals surface area contributed by atoms with Gasteiger partial charge in [-0.15, -0.1) is 12.4 Å². The Morgan fingerprint density at radius 2 is 1.79 bits per heavy atom. The number of halogens is 3. The predicted octanol–water partition coefficient (Wildman–Crippen LogP) is 3.28. The molecule has 0 aliphatic heterocycles. The lowest BCUT2D eigenvalue weighted by Gasteiger charge is -2.24. The zero-order chi connectivity index (χ0) is 27.8. The number of ether oxygens (including phenoxy) is 3. The van der Waals surface area contributed by atoms with E-state index in [4.69, 9.17) is 31.1 Å². The van der Waals surface area contributed by atoms with Gasteiger partial charge >= 0.3 is 0 Å². The van der Waals surface area contributed by atoms with E-state index in [-0.39, 0.29) is 53.9 Å². The van der Waals surface area contributed by atoms with Crippen molar-refractivity contribution in [1.29, 1.82) is 5.41 Å². The molecule has 3 aromatic rings. The highest BCUT2D eigenvalue weighted by molar-refractivity contribution is 6.00. The maximum atomic E-state index is 15.1. The Bertz CT molecular complexity index is 1310. The topological polar surface area (TPSA) is 163 Å². The molecule has 0 bridgehead atoms. The molecule has 1 aromatic heterocycles. The minimum absolute atomic E-state index is 0. The molecular formula is C26H28ClF2N5O5. The van der Waals surface area contributed by atoms with Crippen LogP contribution >= 0.6 is 12.4 Å². The van der Waals surface area contributed by atoms with E-state index in [1.807, 2.05) is 0 Å². The number of pyridine rings is 1. The van der Waals surface area contributed by atoms with Crippen molar-refractivity contribution >= 4 is 30.1 Å². The molecule has 0 aliphatic rings. The molecule has 0 fully saturated rings. The smallest absolute Gasteiger partial charge is 0.256 e. The molecule has 0 saturated carbocycles. The maximum Gasteiger partial charge on any atom is 0.256 e. The standard InChI is InChI=1S/C26H27F2N5O5.ClH/c1-3-37-22(21-19(27)11-16(12-20(21)28)38-13-15-6-4-5-9-32-15)25(35)33-26(36-2)17-8-7-14(23(29)30)10-18(17)24(31)34;/h4-12,22,26H,3,13H2,1-2H3,(H3,29,30)(H2,31,34)(H,33,35);1H/t22-,26+;/m0./s1. The van der Waals surface area contributed by atoms with Gasteiger partial charge in [-0.05, 0) is 25.1 Å². The van der Waals surface area contributed by atoms with Crippen LogP contribution in [0.1, 0.15) is 52.0 Å². The fraction of sp³-hybridized carbons (Fsp3) is 0.231. The van der Waals surface area contributed by atoms with Crippen LogP contribution in [0.15, 0.2) is 54.7 Å². The summed E-state index contributed by atoms with van der Waals surface area (Å²) in [6.45, 7) is 1.49. The normalized spacial score (nSPS) is 12.1. The second-order valence-corrected chi connectivity index (χ2v) is 7.95. The molecule has 0 unspecified atom stereocenters. The average Bonchev–Trinajstić information content (AvgIpc) is 2.89. The first-order valence-corrected chi connectivity index (χ1v) is 11.4. The van der Waals surface area contributed by atoms with Crippen molar-refractivity contribution in [1.82, 2.24) is 10.3 Å². The number of nitrogen functional groups attached to an aromatic ring is 1. The molecule has 0 saturated heterocycles. The number of nitrogens with two attached hydrogens (primary N) is 2. The van der Waals surface area contributed by atoms with E-state index in [0.29, 0.717) is 5.69 Å². The van der Waals surface area contributed by atoms with Crippen molar-refractivity contribution in [2.24, 2.45) is 11.5 Å². The van der Waals surface area contributed by atoms with Crippen molar-refractivity contribution in [3.05, 3.63) is 94.3 Å². The number of amides is 2. The number of carbonyl (C=O) groups excluding carboxylic acids is 2. The predicted molar refractivity (Wildman–Crippen MR) is 140 cm³/mol. The van der Waals surface area contributed by atoms with E-state index in [9.17, 15) is 9.59 Å². The van der Waals surface area contributed by atoms with E-state index < -0.39 is 41.3 Å². The number of benzene rings is 2. The summed E-state index contributed by atoms with van der Waals surface area (Å²) in [5.74, 6) is -4.33. The van der Waals surface area contributed by atoms with Gasteiger partial charge < -0.3 is 31.0 Å². The molecule has 6 N–H and O–H groups in total. The molecule has 208 valence electrons. The van der Waals surface area contributed by atoms with Gasteiger partial charge in [0.05, 0.1) is 11.3 Å². The van der Waals surface area contributed by atoms with Gasteiger partial charge in [0, 0.05) is 48.7 Å². The summed E-state index contributed by atoms with van der Waals surface area (Å²) in [7, 11) is 1.25.